The predicted molar refractivity (Wildman–Crippen MR) is 341 cm³/mol. The van der Waals surface area contributed by atoms with E-state index < -0.39 is 156 Å². The molecule has 1 fully saturated rings. The molecule has 492 valence electrons. The van der Waals surface area contributed by atoms with Gasteiger partial charge in [-0.3, -0.25) is 47.9 Å². The topological polar surface area (TPSA) is 262 Å². The number of allylic oxidation sites excluding steroid dienone is 2. The number of hydrogen-bond acceptors (Lipinski definition) is 12. The van der Waals surface area contributed by atoms with Gasteiger partial charge in [0.1, 0.15) is 54.4 Å². The van der Waals surface area contributed by atoms with E-state index in [0.717, 1.165) is 9.80 Å². The number of carbonyl (C=O) groups excluding carboxylic acids is 10. The third-order valence-electron chi connectivity index (χ3n) is 16.3. The SMILES string of the molecule is C/C=C/CC(C)C(O)[C@H]1C(=O)N[C@@H](C(C)C)C(=O)N(C)CC(=O)N(C)[C@@H](CC(C)C)C(=O)N[C@@H](C(C)C)C(=O)N(C)[C@@H](CC(C)C)C(=O)N[C@H](C)C(=S)N[C@@H](C)C(=O)N(C)[C@@H](CC(C)C)C(=O)N(C)[C@@H](CC(C)C)C(=O)N(C)[C@@H](C(C)C)C(=O)N1C. The molecule has 0 aromatic carbocycles. The van der Waals surface area contributed by atoms with Crippen LogP contribution >= 0.6 is 12.2 Å². The number of likely N-dealkylation sites (N-methyl/N-ethyl adjacent to an activating group) is 7. The van der Waals surface area contributed by atoms with E-state index >= 15 is 14.4 Å². The van der Waals surface area contributed by atoms with Crippen molar-refractivity contribution in [1.82, 2.24) is 55.6 Å². The van der Waals surface area contributed by atoms with E-state index in [4.69, 9.17) is 12.2 Å². The molecule has 0 aromatic heterocycles. The van der Waals surface area contributed by atoms with E-state index in [9.17, 15) is 38.7 Å². The molecule has 0 aliphatic carbocycles. The van der Waals surface area contributed by atoms with E-state index in [-0.39, 0.29) is 54.3 Å². The lowest BCUT2D eigenvalue weighted by molar-refractivity contribution is -0.157. The first-order valence-corrected chi connectivity index (χ1v) is 31.3. The van der Waals surface area contributed by atoms with Gasteiger partial charge in [-0.1, -0.05) is 128 Å². The molecule has 10 amide bonds. The molecule has 1 aliphatic heterocycles. The fourth-order valence-corrected chi connectivity index (χ4v) is 11.0. The molecule has 12 atom stereocenters. The molecule has 1 rings (SSSR count). The Bertz CT molecular complexity index is 2360. The van der Waals surface area contributed by atoms with Crippen molar-refractivity contribution in [1.29, 1.82) is 0 Å². The van der Waals surface area contributed by atoms with Crippen LogP contribution in [0.5, 0.6) is 0 Å². The molecule has 0 spiro atoms. The smallest absolute Gasteiger partial charge is 0.246 e. The third-order valence-corrected chi connectivity index (χ3v) is 16.8. The highest BCUT2D eigenvalue weighted by atomic mass is 32.1. The molecule has 1 heterocycles. The van der Waals surface area contributed by atoms with Gasteiger partial charge in [0.15, 0.2) is 0 Å². The molecule has 23 heteroatoms. The number of carbonyl (C=O) groups is 10. The lowest BCUT2D eigenvalue weighted by Gasteiger charge is -2.41. The number of thiocarbonyl (C=S) groups is 1. The maximum Gasteiger partial charge on any atom is 0.246 e. The maximum atomic E-state index is 15.2. The Hall–Kier alpha value is -5.71. The Morgan fingerprint density at radius 3 is 1.28 bits per heavy atom. The molecular weight excluding hydrogens is 1120 g/mol. The number of nitrogens with zero attached hydrogens (tertiary/aromatic N) is 7. The van der Waals surface area contributed by atoms with Crippen molar-refractivity contribution in [2.24, 2.45) is 47.3 Å². The molecule has 2 unspecified atom stereocenters. The van der Waals surface area contributed by atoms with Crippen LogP contribution in [-0.2, 0) is 47.9 Å². The summed E-state index contributed by atoms with van der Waals surface area (Å²) in [4.78, 5) is 156. The first kappa shape index (κ1) is 78.3. The van der Waals surface area contributed by atoms with Crippen LogP contribution in [0.25, 0.3) is 0 Å². The Labute approximate surface area is 521 Å². The Morgan fingerprint density at radius 2 is 0.837 bits per heavy atom. The number of rotatable bonds is 15. The summed E-state index contributed by atoms with van der Waals surface area (Å²) in [5.41, 5.74) is 0. The highest BCUT2D eigenvalue weighted by Crippen LogP contribution is 2.26. The minimum atomic E-state index is -1.61. The van der Waals surface area contributed by atoms with Crippen LogP contribution in [0, 0.1) is 47.3 Å². The molecule has 0 radical (unpaired) electrons. The number of hydrogen-bond donors (Lipinski definition) is 5. The van der Waals surface area contributed by atoms with Crippen LogP contribution < -0.4 is 21.3 Å². The van der Waals surface area contributed by atoms with Gasteiger partial charge in [-0.05, 0) is 100 Å². The second-order valence-electron chi connectivity index (χ2n) is 26.9. The molecular formula is C63H113N11O11S. The van der Waals surface area contributed by atoms with Crippen molar-refractivity contribution in [2.45, 2.75) is 223 Å². The predicted octanol–water partition coefficient (Wildman–Crippen LogP) is 4.32. The van der Waals surface area contributed by atoms with Gasteiger partial charge in [0.2, 0.25) is 59.1 Å². The zero-order chi connectivity index (χ0) is 66.8. The van der Waals surface area contributed by atoms with E-state index in [2.05, 4.69) is 21.3 Å². The fourth-order valence-electron chi connectivity index (χ4n) is 10.8. The van der Waals surface area contributed by atoms with Crippen molar-refractivity contribution >= 4 is 76.3 Å². The van der Waals surface area contributed by atoms with Crippen molar-refractivity contribution in [2.75, 3.05) is 55.9 Å². The van der Waals surface area contributed by atoms with Gasteiger partial charge in [-0.2, -0.15) is 0 Å². The molecule has 22 nitrogen and oxygen atoms in total. The van der Waals surface area contributed by atoms with Gasteiger partial charge in [0, 0.05) is 49.3 Å². The minimum Gasteiger partial charge on any atom is -0.390 e. The lowest BCUT2D eigenvalue weighted by atomic mass is 9.91. The third kappa shape index (κ3) is 21.9. The van der Waals surface area contributed by atoms with Gasteiger partial charge >= 0.3 is 0 Å². The standard InChI is InChI=1S/C63H113N11O11S/c1-26-27-28-41(16)53(76)52-56(79)67-49(38(10)11)61(83)68(19)33-48(75)69(20)44(29-34(2)3)55(78)66-50(39(12)13)62(84)70(21)45(30-35(4)5)54(77)64-42(17)57(86)65-43(18)58(80)71(22)46(31-36(6)7)59(81)72(23)47(32-37(8)9)60(82)73(24)51(40(14)15)63(85)74(52)25/h26-27,34-47,49-53,76H,28-33H2,1-25H3,(H,64,77)(H,65,86)(H,66,78)(H,67,79)/b27-26+/t41?,42-,43+,44+,45+,46+,47+,49+,50+,51+,52+,53?/m1/s1. The van der Waals surface area contributed by atoms with E-state index in [1.807, 2.05) is 68.4 Å². The highest BCUT2D eigenvalue weighted by Gasteiger charge is 2.46. The molecule has 5 N–H and O–H groups in total. The first-order valence-electron chi connectivity index (χ1n) is 30.9. The van der Waals surface area contributed by atoms with Gasteiger partial charge in [-0.25, -0.2) is 0 Å². The summed E-state index contributed by atoms with van der Waals surface area (Å²) < 4.78 is 0. The van der Waals surface area contributed by atoms with Crippen molar-refractivity contribution in [3.8, 4) is 0 Å². The van der Waals surface area contributed by atoms with Crippen LogP contribution in [0.1, 0.15) is 157 Å². The second kappa shape index (κ2) is 35.3. The van der Waals surface area contributed by atoms with Crippen LogP contribution in [0.3, 0.4) is 0 Å². The Morgan fingerprint density at radius 1 is 0.453 bits per heavy atom. The molecule has 86 heavy (non-hydrogen) atoms. The van der Waals surface area contributed by atoms with Crippen LogP contribution in [-0.4, -0.2) is 226 Å². The van der Waals surface area contributed by atoms with Crippen LogP contribution in [0.2, 0.25) is 0 Å². The van der Waals surface area contributed by atoms with Gasteiger partial charge in [0.25, 0.3) is 0 Å². The van der Waals surface area contributed by atoms with Gasteiger partial charge < -0.3 is 60.7 Å². The zero-order valence-electron chi connectivity index (χ0n) is 56.9. The normalized spacial score (nSPS) is 26.8. The monoisotopic (exact) mass is 1230 g/mol. The van der Waals surface area contributed by atoms with Crippen molar-refractivity contribution in [3.05, 3.63) is 12.2 Å². The Balaban J connectivity index is 4.37. The van der Waals surface area contributed by atoms with Gasteiger partial charge in [0.05, 0.1) is 23.7 Å². The molecule has 0 saturated carbocycles. The van der Waals surface area contributed by atoms with Crippen LogP contribution in [0.15, 0.2) is 12.2 Å². The summed E-state index contributed by atoms with van der Waals surface area (Å²) >= 11 is 5.78. The summed E-state index contributed by atoms with van der Waals surface area (Å²) in [7, 11) is 10.1. The van der Waals surface area contributed by atoms with Crippen LogP contribution in [0.4, 0.5) is 0 Å². The summed E-state index contributed by atoms with van der Waals surface area (Å²) in [6.07, 6.45) is 3.21. The summed E-state index contributed by atoms with van der Waals surface area (Å²) in [5.74, 6) is -8.93. The molecule has 0 bridgehead atoms. The highest BCUT2D eigenvalue weighted by molar-refractivity contribution is 7.80. The lowest BCUT2D eigenvalue weighted by Crippen LogP contribution is -2.64. The summed E-state index contributed by atoms with van der Waals surface area (Å²) in [6.45, 7) is 31.8. The largest absolute Gasteiger partial charge is 0.390 e. The molecule has 1 aliphatic rings. The number of aliphatic hydroxyl groups is 1. The van der Waals surface area contributed by atoms with Gasteiger partial charge in [-0.15, -0.1) is 0 Å². The van der Waals surface area contributed by atoms with E-state index in [0.29, 0.717) is 6.42 Å². The Kier molecular flexibility index (Phi) is 32.2. The zero-order valence-corrected chi connectivity index (χ0v) is 57.8. The van der Waals surface area contributed by atoms with Crippen molar-refractivity contribution in [3.63, 3.8) is 0 Å². The minimum absolute atomic E-state index is 0.0787. The molecule has 1 saturated heterocycles. The van der Waals surface area contributed by atoms with E-state index in [1.54, 1.807) is 68.4 Å². The number of nitrogens with one attached hydrogen (secondary N) is 4. The molecule has 0 aromatic rings. The van der Waals surface area contributed by atoms with E-state index in [1.165, 1.54) is 73.8 Å². The quantitative estimate of drug-likeness (QED) is 0.113. The summed E-state index contributed by atoms with van der Waals surface area (Å²) in [5, 5.41) is 23.8. The summed E-state index contributed by atoms with van der Waals surface area (Å²) in [6, 6.07) is -11.5. The average molecular weight is 1230 g/mol. The maximum absolute atomic E-state index is 15.2. The average Bonchev–Trinajstić information content (AvgIpc) is 2.16. The first-order chi connectivity index (χ1) is 39.6. The second-order valence-corrected chi connectivity index (χ2v) is 27.3. The number of aliphatic hydroxyl groups excluding tert-OH is 1. The number of amides is 10. The fraction of sp³-hybridized carbons (Fsp3) is 0.794. The van der Waals surface area contributed by atoms with Crippen molar-refractivity contribution < 1.29 is 53.1 Å².